The predicted molar refractivity (Wildman–Crippen MR) is 109 cm³/mol. The molecule has 134 valence electrons. The van der Waals surface area contributed by atoms with Crippen LogP contribution in [-0.2, 0) is 11.2 Å². The third-order valence-corrected chi connectivity index (χ3v) is 5.21. The van der Waals surface area contributed by atoms with Crippen molar-refractivity contribution in [3.8, 4) is 0 Å². The summed E-state index contributed by atoms with van der Waals surface area (Å²) in [5, 5.41) is 8.73. The van der Waals surface area contributed by atoms with E-state index in [1.807, 2.05) is 60.7 Å². The molecule has 1 aromatic heterocycles. The van der Waals surface area contributed by atoms with Gasteiger partial charge in [0.25, 0.3) is 0 Å². The van der Waals surface area contributed by atoms with Crippen molar-refractivity contribution < 1.29 is 9.21 Å². The SMILES string of the molecule is O=C1[C@@H](Cc2ccccc2)S/C(=N/N=C\c2ccco2)N1c1ccccc1. The molecule has 0 N–H and O–H groups in total. The van der Waals surface area contributed by atoms with Gasteiger partial charge in [0.1, 0.15) is 5.76 Å². The minimum Gasteiger partial charge on any atom is -0.463 e. The molecule has 0 aliphatic carbocycles. The minimum atomic E-state index is -0.231. The topological polar surface area (TPSA) is 58.2 Å². The van der Waals surface area contributed by atoms with Gasteiger partial charge in [0, 0.05) is 0 Å². The molecule has 1 aliphatic heterocycles. The number of para-hydroxylation sites is 1. The van der Waals surface area contributed by atoms with Crippen molar-refractivity contribution in [2.45, 2.75) is 11.7 Å². The number of benzene rings is 2. The van der Waals surface area contributed by atoms with Crippen molar-refractivity contribution in [3.05, 3.63) is 90.4 Å². The quantitative estimate of drug-likeness (QED) is 0.492. The van der Waals surface area contributed by atoms with Gasteiger partial charge < -0.3 is 4.42 Å². The van der Waals surface area contributed by atoms with E-state index in [9.17, 15) is 4.79 Å². The average Bonchev–Trinajstić information content (AvgIpc) is 3.32. The molecule has 1 atom stereocenters. The van der Waals surface area contributed by atoms with Crippen LogP contribution in [0.5, 0.6) is 0 Å². The summed E-state index contributed by atoms with van der Waals surface area (Å²) in [5.41, 5.74) is 1.91. The fourth-order valence-electron chi connectivity index (χ4n) is 2.81. The third-order valence-electron chi connectivity index (χ3n) is 4.08. The smallest absolute Gasteiger partial charge is 0.247 e. The molecular weight excluding hydrogens is 358 g/mol. The zero-order chi connectivity index (χ0) is 18.5. The van der Waals surface area contributed by atoms with E-state index >= 15 is 0 Å². The van der Waals surface area contributed by atoms with Crippen molar-refractivity contribution in [1.82, 2.24) is 0 Å². The second kappa shape index (κ2) is 8.05. The highest BCUT2D eigenvalue weighted by Crippen LogP contribution is 2.33. The maximum Gasteiger partial charge on any atom is 0.247 e. The summed E-state index contributed by atoms with van der Waals surface area (Å²) < 4.78 is 5.23. The molecule has 6 heteroatoms. The van der Waals surface area contributed by atoms with Gasteiger partial charge >= 0.3 is 0 Å². The van der Waals surface area contributed by atoms with Crippen molar-refractivity contribution in [2.75, 3.05) is 4.90 Å². The number of hydrogen-bond acceptors (Lipinski definition) is 5. The first-order valence-corrected chi connectivity index (χ1v) is 9.43. The molecule has 0 radical (unpaired) electrons. The maximum atomic E-state index is 13.1. The van der Waals surface area contributed by atoms with E-state index < -0.39 is 0 Å². The van der Waals surface area contributed by atoms with Crippen LogP contribution in [0, 0.1) is 0 Å². The summed E-state index contributed by atoms with van der Waals surface area (Å²) in [6, 6.07) is 23.1. The van der Waals surface area contributed by atoms with E-state index in [2.05, 4.69) is 10.2 Å². The highest BCUT2D eigenvalue weighted by atomic mass is 32.2. The lowest BCUT2D eigenvalue weighted by Crippen LogP contribution is -2.32. The number of amides is 1. The predicted octanol–water partition coefficient (Wildman–Crippen LogP) is 4.36. The summed E-state index contributed by atoms with van der Waals surface area (Å²) in [7, 11) is 0. The number of rotatable bonds is 5. The molecule has 0 unspecified atom stereocenters. The van der Waals surface area contributed by atoms with Crippen molar-refractivity contribution in [2.24, 2.45) is 10.2 Å². The van der Waals surface area contributed by atoms with E-state index in [4.69, 9.17) is 4.42 Å². The lowest BCUT2D eigenvalue weighted by atomic mass is 10.1. The summed E-state index contributed by atoms with van der Waals surface area (Å²) in [6.45, 7) is 0. The molecule has 0 saturated carbocycles. The Balaban J connectivity index is 1.61. The van der Waals surface area contributed by atoms with Crippen LogP contribution < -0.4 is 4.90 Å². The van der Waals surface area contributed by atoms with E-state index in [0.29, 0.717) is 17.3 Å². The molecule has 0 bridgehead atoms. The van der Waals surface area contributed by atoms with Gasteiger partial charge in [0.2, 0.25) is 5.91 Å². The van der Waals surface area contributed by atoms with Crippen molar-refractivity contribution in [3.63, 3.8) is 0 Å². The molecule has 2 heterocycles. The van der Waals surface area contributed by atoms with Crippen molar-refractivity contribution >= 4 is 34.7 Å². The monoisotopic (exact) mass is 375 g/mol. The van der Waals surface area contributed by atoms with Crippen LogP contribution in [0.3, 0.4) is 0 Å². The largest absolute Gasteiger partial charge is 0.463 e. The molecule has 27 heavy (non-hydrogen) atoms. The van der Waals surface area contributed by atoms with Gasteiger partial charge in [0.15, 0.2) is 5.17 Å². The van der Waals surface area contributed by atoms with E-state index in [-0.39, 0.29) is 11.2 Å². The third kappa shape index (κ3) is 4.01. The molecule has 4 rings (SSSR count). The molecule has 1 fully saturated rings. The second-order valence-electron chi connectivity index (χ2n) is 5.95. The number of nitrogens with zero attached hydrogens (tertiary/aromatic N) is 3. The Morgan fingerprint density at radius 2 is 1.74 bits per heavy atom. The van der Waals surface area contributed by atoms with E-state index in [1.54, 1.807) is 23.3 Å². The van der Waals surface area contributed by atoms with Gasteiger partial charge in [-0.25, -0.2) is 0 Å². The zero-order valence-electron chi connectivity index (χ0n) is 14.4. The van der Waals surface area contributed by atoms with Gasteiger partial charge in [0.05, 0.1) is 23.4 Å². The Kier molecular flexibility index (Phi) is 5.16. The van der Waals surface area contributed by atoms with Gasteiger partial charge in [-0.2, -0.15) is 5.10 Å². The zero-order valence-corrected chi connectivity index (χ0v) is 15.3. The number of hydrogen-bond donors (Lipinski definition) is 0. The molecule has 1 aliphatic rings. The number of furan rings is 1. The fourth-order valence-corrected chi connectivity index (χ4v) is 3.94. The second-order valence-corrected chi connectivity index (χ2v) is 7.12. The number of carbonyl (C=O) groups is 1. The van der Waals surface area contributed by atoms with Crippen LogP contribution in [0.15, 0.2) is 93.7 Å². The molecule has 0 spiro atoms. The molecular formula is C21H17N3O2S. The standard InChI is InChI=1S/C21H17N3O2S/c25-20-19(14-16-8-3-1-4-9-16)27-21(23-22-15-18-12-7-13-26-18)24(20)17-10-5-2-6-11-17/h1-13,15,19H,14H2/b22-15-,23-21+/t19-/m1/s1. The fraction of sp³-hybridized carbons (Fsp3) is 0.0952. The summed E-state index contributed by atoms with van der Waals surface area (Å²) in [4.78, 5) is 14.7. The summed E-state index contributed by atoms with van der Waals surface area (Å²) in [5.74, 6) is 0.628. The Bertz CT molecular complexity index is 954. The summed E-state index contributed by atoms with van der Waals surface area (Å²) >= 11 is 1.44. The molecule has 1 amide bonds. The van der Waals surface area contributed by atoms with Crippen LogP contribution in [0.2, 0.25) is 0 Å². The maximum absolute atomic E-state index is 13.1. The first-order valence-electron chi connectivity index (χ1n) is 8.55. The number of anilines is 1. The summed E-state index contributed by atoms with van der Waals surface area (Å²) in [6.07, 6.45) is 3.76. The highest BCUT2D eigenvalue weighted by Gasteiger charge is 2.39. The molecule has 5 nitrogen and oxygen atoms in total. The van der Waals surface area contributed by atoms with Gasteiger partial charge in [-0.3, -0.25) is 9.69 Å². The number of carbonyl (C=O) groups excluding carboxylic acids is 1. The minimum absolute atomic E-state index is 0.0157. The Labute approximate surface area is 161 Å². The van der Waals surface area contributed by atoms with Crippen LogP contribution in [0.1, 0.15) is 11.3 Å². The van der Waals surface area contributed by atoms with Gasteiger partial charge in [-0.15, -0.1) is 5.10 Å². The van der Waals surface area contributed by atoms with Crippen LogP contribution >= 0.6 is 11.8 Å². The first kappa shape index (κ1) is 17.3. The Morgan fingerprint density at radius 1 is 1.00 bits per heavy atom. The molecule has 2 aromatic carbocycles. The lowest BCUT2D eigenvalue weighted by Gasteiger charge is -2.15. The van der Waals surface area contributed by atoms with Crippen LogP contribution in [0.25, 0.3) is 0 Å². The number of thioether (sulfide) groups is 1. The Morgan fingerprint density at radius 3 is 2.44 bits per heavy atom. The van der Waals surface area contributed by atoms with Crippen LogP contribution in [0.4, 0.5) is 5.69 Å². The molecule has 3 aromatic rings. The van der Waals surface area contributed by atoms with Gasteiger partial charge in [-0.05, 0) is 36.2 Å². The van der Waals surface area contributed by atoms with Crippen molar-refractivity contribution in [1.29, 1.82) is 0 Å². The van der Waals surface area contributed by atoms with E-state index in [0.717, 1.165) is 11.3 Å². The normalized spacial score (nSPS) is 18.7. The van der Waals surface area contributed by atoms with Gasteiger partial charge in [-0.1, -0.05) is 60.3 Å². The molecule has 1 saturated heterocycles. The van der Waals surface area contributed by atoms with Crippen LogP contribution in [-0.4, -0.2) is 22.5 Å². The Hall–Kier alpha value is -3.12. The average molecular weight is 375 g/mol. The van der Waals surface area contributed by atoms with E-state index in [1.165, 1.54) is 18.0 Å². The lowest BCUT2D eigenvalue weighted by molar-refractivity contribution is -0.116. The number of amidine groups is 1. The highest BCUT2D eigenvalue weighted by molar-refractivity contribution is 8.16. The first-order chi connectivity index (χ1) is 13.3.